The summed E-state index contributed by atoms with van der Waals surface area (Å²) in [4.78, 5) is 13.0. The van der Waals surface area contributed by atoms with Crippen LogP contribution in [0.4, 0.5) is 13.2 Å². The van der Waals surface area contributed by atoms with Crippen molar-refractivity contribution < 1.29 is 27.8 Å². The third-order valence-electron chi connectivity index (χ3n) is 3.36. The van der Waals surface area contributed by atoms with E-state index in [-0.39, 0.29) is 18.6 Å². The molecule has 0 aromatic rings. The molecule has 0 aliphatic carbocycles. The number of carboxylic acids is 1. The summed E-state index contributed by atoms with van der Waals surface area (Å²) in [7, 11) is 0. The van der Waals surface area contributed by atoms with Crippen LogP contribution in [0.1, 0.15) is 26.2 Å². The van der Waals surface area contributed by atoms with Gasteiger partial charge in [0.25, 0.3) is 0 Å². The van der Waals surface area contributed by atoms with Crippen LogP contribution in [0, 0.1) is 5.92 Å². The molecule has 1 fully saturated rings. The fourth-order valence-corrected chi connectivity index (χ4v) is 2.33. The molecule has 0 bridgehead atoms. The molecular weight excluding hydrogens is 263 g/mol. The zero-order valence-corrected chi connectivity index (χ0v) is 10.9. The van der Waals surface area contributed by atoms with Crippen LogP contribution in [0.25, 0.3) is 0 Å². The minimum absolute atomic E-state index is 0.0745. The number of alkyl halides is 3. The Morgan fingerprint density at radius 2 is 2.16 bits per heavy atom. The molecular formula is C12H20F3NO3. The number of carboxylic acid groups (broad SMARTS) is 1. The normalized spacial score (nSPS) is 25.5. The van der Waals surface area contributed by atoms with Crippen molar-refractivity contribution in [3.05, 3.63) is 0 Å². The van der Waals surface area contributed by atoms with Gasteiger partial charge in [0.15, 0.2) is 0 Å². The van der Waals surface area contributed by atoms with E-state index in [1.54, 1.807) is 0 Å². The van der Waals surface area contributed by atoms with E-state index in [1.165, 1.54) is 0 Å². The lowest BCUT2D eigenvalue weighted by Crippen LogP contribution is -2.43. The van der Waals surface area contributed by atoms with Crippen LogP contribution >= 0.6 is 0 Å². The maximum absolute atomic E-state index is 11.8. The average Bonchev–Trinajstić information content (AvgIpc) is 2.28. The number of piperidine rings is 1. The highest BCUT2D eigenvalue weighted by Gasteiger charge is 2.29. The number of rotatable bonds is 6. The molecule has 4 nitrogen and oxygen atoms in total. The fraction of sp³-hybridized carbons (Fsp3) is 0.917. The van der Waals surface area contributed by atoms with Gasteiger partial charge in [-0.3, -0.25) is 4.79 Å². The number of aliphatic carboxylic acids is 1. The number of halogens is 3. The molecule has 0 aromatic carbocycles. The van der Waals surface area contributed by atoms with Crippen molar-refractivity contribution in [3.63, 3.8) is 0 Å². The van der Waals surface area contributed by atoms with E-state index in [0.29, 0.717) is 32.4 Å². The van der Waals surface area contributed by atoms with Crippen molar-refractivity contribution in [2.45, 2.75) is 38.4 Å². The molecule has 0 amide bonds. The van der Waals surface area contributed by atoms with E-state index in [1.807, 2.05) is 6.92 Å². The molecule has 1 saturated heterocycles. The van der Waals surface area contributed by atoms with Crippen LogP contribution in [0.2, 0.25) is 0 Å². The molecule has 1 rings (SSSR count). The summed E-state index contributed by atoms with van der Waals surface area (Å²) >= 11 is 0. The van der Waals surface area contributed by atoms with Gasteiger partial charge in [0, 0.05) is 19.2 Å². The fourth-order valence-electron chi connectivity index (χ4n) is 2.33. The topological polar surface area (TPSA) is 49.8 Å². The third kappa shape index (κ3) is 6.24. The Labute approximate surface area is 110 Å². The minimum atomic E-state index is -4.27. The summed E-state index contributed by atoms with van der Waals surface area (Å²) in [5.74, 6) is -1.06. The number of likely N-dealkylation sites (tertiary alicyclic amines) is 1. The number of carbonyl (C=O) groups is 1. The summed E-state index contributed by atoms with van der Waals surface area (Å²) in [6, 6.07) is 0.150. The molecule has 2 atom stereocenters. The minimum Gasteiger partial charge on any atom is -0.481 e. The lowest BCUT2D eigenvalue weighted by Gasteiger charge is -2.36. The zero-order chi connectivity index (χ0) is 14.5. The molecule has 0 aromatic heterocycles. The van der Waals surface area contributed by atoms with Gasteiger partial charge < -0.3 is 14.7 Å². The predicted molar refractivity (Wildman–Crippen MR) is 62.9 cm³/mol. The summed E-state index contributed by atoms with van der Waals surface area (Å²) < 4.78 is 40.0. The first-order chi connectivity index (χ1) is 8.79. The SMILES string of the molecule is CC1CC(C(=O)O)CCN1CCCOCC(F)(F)F. The van der Waals surface area contributed by atoms with Crippen LogP contribution in [0.15, 0.2) is 0 Å². The highest BCUT2D eigenvalue weighted by atomic mass is 19.4. The Morgan fingerprint density at radius 1 is 1.47 bits per heavy atom. The number of nitrogens with zero attached hydrogens (tertiary/aromatic N) is 1. The smallest absolute Gasteiger partial charge is 0.411 e. The van der Waals surface area contributed by atoms with Gasteiger partial charge >= 0.3 is 12.1 Å². The van der Waals surface area contributed by atoms with Gasteiger partial charge in [0.05, 0.1) is 5.92 Å². The van der Waals surface area contributed by atoms with E-state index in [4.69, 9.17) is 5.11 Å². The monoisotopic (exact) mass is 283 g/mol. The Kier molecular flexibility index (Phi) is 6.06. The molecule has 2 unspecified atom stereocenters. The van der Waals surface area contributed by atoms with Gasteiger partial charge in [0.2, 0.25) is 0 Å². The maximum atomic E-state index is 11.8. The van der Waals surface area contributed by atoms with Crippen LogP contribution in [0.5, 0.6) is 0 Å². The Balaban J connectivity index is 2.15. The molecule has 0 spiro atoms. The summed E-state index contributed by atoms with van der Waals surface area (Å²) in [5.41, 5.74) is 0. The van der Waals surface area contributed by atoms with E-state index < -0.39 is 18.8 Å². The second kappa shape index (κ2) is 7.09. The number of ether oxygens (including phenoxy) is 1. The molecule has 7 heteroatoms. The molecule has 1 heterocycles. The molecule has 1 N–H and O–H groups in total. The second-order valence-corrected chi connectivity index (χ2v) is 4.97. The van der Waals surface area contributed by atoms with Crippen molar-refractivity contribution in [1.29, 1.82) is 0 Å². The first-order valence-corrected chi connectivity index (χ1v) is 6.41. The van der Waals surface area contributed by atoms with E-state index in [0.717, 1.165) is 0 Å². The standard InChI is InChI=1S/C12H20F3NO3/c1-9-7-10(11(17)18)3-5-16(9)4-2-6-19-8-12(13,14)15/h9-10H,2-8H2,1H3,(H,17,18). The van der Waals surface area contributed by atoms with Crippen molar-refractivity contribution in [2.24, 2.45) is 5.92 Å². The first-order valence-electron chi connectivity index (χ1n) is 6.41. The summed E-state index contributed by atoms with van der Waals surface area (Å²) in [6.45, 7) is 2.14. The van der Waals surface area contributed by atoms with Crippen LogP contribution < -0.4 is 0 Å². The number of hydrogen-bond donors (Lipinski definition) is 1. The molecule has 0 saturated carbocycles. The number of hydrogen-bond acceptors (Lipinski definition) is 3. The molecule has 112 valence electrons. The molecule has 0 radical (unpaired) electrons. The van der Waals surface area contributed by atoms with Crippen LogP contribution in [-0.2, 0) is 9.53 Å². The lowest BCUT2D eigenvalue weighted by atomic mass is 9.92. The third-order valence-corrected chi connectivity index (χ3v) is 3.36. The highest BCUT2D eigenvalue weighted by molar-refractivity contribution is 5.70. The van der Waals surface area contributed by atoms with Crippen molar-refractivity contribution in [2.75, 3.05) is 26.3 Å². The largest absolute Gasteiger partial charge is 0.481 e. The molecule has 1 aliphatic rings. The van der Waals surface area contributed by atoms with Gasteiger partial charge in [-0.2, -0.15) is 13.2 Å². The Hall–Kier alpha value is -0.820. The lowest BCUT2D eigenvalue weighted by molar-refractivity contribution is -0.174. The first kappa shape index (κ1) is 16.2. The quantitative estimate of drug-likeness (QED) is 0.759. The summed E-state index contributed by atoms with van der Waals surface area (Å²) in [5, 5.41) is 8.92. The van der Waals surface area contributed by atoms with Gasteiger partial charge in [-0.1, -0.05) is 0 Å². The van der Waals surface area contributed by atoms with Gasteiger partial charge in [0.1, 0.15) is 6.61 Å². The second-order valence-electron chi connectivity index (χ2n) is 4.97. The van der Waals surface area contributed by atoms with Crippen molar-refractivity contribution >= 4 is 5.97 Å². The average molecular weight is 283 g/mol. The highest BCUT2D eigenvalue weighted by Crippen LogP contribution is 2.23. The van der Waals surface area contributed by atoms with E-state index in [9.17, 15) is 18.0 Å². The van der Waals surface area contributed by atoms with Crippen LogP contribution in [-0.4, -0.2) is 54.5 Å². The summed E-state index contributed by atoms with van der Waals surface area (Å²) in [6.07, 6.45) is -2.55. The Bertz CT molecular complexity index is 296. The molecule has 19 heavy (non-hydrogen) atoms. The Morgan fingerprint density at radius 3 is 2.68 bits per heavy atom. The van der Waals surface area contributed by atoms with Gasteiger partial charge in [-0.25, -0.2) is 0 Å². The molecule has 1 aliphatic heterocycles. The van der Waals surface area contributed by atoms with Gasteiger partial charge in [-0.15, -0.1) is 0 Å². The zero-order valence-electron chi connectivity index (χ0n) is 10.9. The van der Waals surface area contributed by atoms with Crippen LogP contribution in [0.3, 0.4) is 0 Å². The predicted octanol–water partition coefficient (Wildman–Crippen LogP) is 2.14. The van der Waals surface area contributed by atoms with E-state index in [2.05, 4.69) is 9.64 Å². The van der Waals surface area contributed by atoms with Crippen molar-refractivity contribution in [1.82, 2.24) is 4.90 Å². The maximum Gasteiger partial charge on any atom is 0.411 e. The van der Waals surface area contributed by atoms with Crippen molar-refractivity contribution in [3.8, 4) is 0 Å². The van der Waals surface area contributed by atoms with Gasteiger partial charge in [-0.05, 0) is 32.7 Å². The van der Waals surface area contributed by atoms with E-state index >= 15 is 0 Å².